The van der Waals surface area contributed by atoms with Gasteiger partial charge in [-0.05, 0) is 17.5 Å². The van der Waals surface area contributed by atoms with Crippen molar-refractivity contribution in [1.82, 2.24) is 4.90 Å². The summed E-state index contributed by atoms with van der Waals surface area (Å²) in [5, 5.41) is 17.1. The quantitative estimate of drug-likeness (QED) is 0.621. The molecule has 0 spiro atoms. The smallest absolute Gasteiger partial charge is 0.310 e. The summed E-state index contributed by atoms with van der Waals surface area (Å²) in [6.07, 6.45) is 0.700. The summed E-state index contributed by atoms with van der Waals surface area (Å²) in [5.41, 5.74) is 1.36. The van der Waals surface area contributed by atoms with Crippen LogP contribution < -0.4 is 0 Å². The number of hydrogen-bond donors (Lipinski definition) is 1. The number of hydrogen-bond acceptors (Lipinski definition) is 5. The number of likely N-dealkylation sites (tertiary alicyclic amines) is 1. The second kappa shape index (κ2) is 9.35. The summed E-state index contributed by atoms with van der Waals surface area (Å²) in [7, 11) is 0. The van der Waals surface area contributed by atoms with Crippen LogP contribution in [0.4, 0.5) is 0 Å². The first-order chi connectivity index (χ1) is 14.1. The minimum Gasteiger partial charge on any atom is -0.483 e. The van der Waals surface area contributed by atoms with Gasteiger partial charge >= 0.3 is 5.97 Å². The van der Waals surface area contributed by atoms with Crippen LogP contribution in [0, 0.1) is 23.2 Å². The molecule has 6 heteroatoms. The lowest BCUT2D eigenvalue weighted by Gasteiger charge is -2.30. The van der Waals surface area contributed by atoms with Gasteiger partial charge in [-0.15, -0.1) is 0 Å². The third-order valence-corrected chi connectivity index (χ3v) is 5.79. The van der Waals surface area contributed by atoms with Gasteiger partial charge in [-0.25, -0.2) is 0 Å². The van der Waals surface area contributed by atoms with Crippen molar-refractivity contribution in [3.63, 3.8) is 0 Å². The molecule has 2 aromatic carbocycles. The first-order valence-corrected chi connectivity index (χ1v) is 9.63. The maximum Gasteiger partial charge on any atom is 0.310 e. The Labute approximate surface area is 170 Å². The molecule has 0 aromatic heterocycles. The predicted octanol–water partition coefficient (Wildman–Crippen LogP) is 2.69. The Hall–Kier alpha value is -3.17. The molecule has 4 rings (SSSR count). The lowest BCUT2D eigenvalue weighted by atomic mass is 9.73. The zero-order valence-electron chi connectivity index (χ0n) is 16.1. The average Bonchev–Trinajstić information content (AvgIpc) is 3.33. The van der Waals surface area contributed by atoms with Gasteiger partial charge in [-0.3, -0.25) is 9.59 Å². The van der Waals surface area contributed by atoms with Crippen molar-refractivity contribution < 1.29 is 19.4 Å². The summed E-state index contributed by atoms with van der Waals surface area (Å²) < 4.78 is 5.16. The van der Waals surface area contributed by atoms with E-state index in [0.29, 0.717) is 18.9 Å². The number of esters is 1. The van der Waals surface area contributed by atoms with Crippen LogP contribution in [-0.2, 0) is 19.7 Å². The summed E-state index contributed by atoms with van der Waals surface area (Å²) in [5.74, 6) is 0.266. The number of cyclic esters (lactones) is 1. The molecule has 6 nitrogen and oxygen atoms in total. The monoisotopic (exact) mass is 392 g/mol. The third-order valence-electron chi connectivity index (χ3n) is 5.79. The van der Waals surface area contributed by atoms with Crippen LogP contribution in [-0.4, -0.2) is 48.7 Å². The largest absolute Gasteiger partial charge is 0.483 e. The Bertz CT molecular complexity index is 824. The lowest BCUT2D eigenvalue weighted by molar-refractivity contribution is -0.141. The van der Waals surface area contributed by atoms with Crippen molar-refractivity contribution in [1.29, 1.82) is 5.26 Å². The molecule has 0 bridgehead atoms. The van der Waals surface area contributed by atoms with Crippen molar-refractivity contribution in [2.75, 3.05) is 26.2 Å². The molecule has 2 aromatic rings. The molecule has 2 fully saturated rings. The summed E-state index contributed by atoms with van der Waals surface area (Å²) in [6, 6.07) is 22.6. The van der Waals surface area contributed by atoms with E-state index >= 15 is 0 Å². The van der Waals surface area contributed by atoms with Gasteiger partial charge in [0.15, 0.2) is 0 Å². The van der Waals surface area contributed by atoms with Crippen LogP contribution in [0.3, 0.4) is 0 Å². The highest BCUT2D eigenvalue weighted by Gasteiger charge is 2.44. The highest BCUT2D eigenvalue weighted by Crippen LogP contribution is 2.37. The molecular formula is C23H24N2O4. The molecule has 29 heavy (non-hydrogen) atoms. The Morgan fingerprint density at radius 3 is 2.14 bits per heavy atom. The number of nitrogens with zero attached hydrogens (tertiary/aromatic N) is 2. The lowest BCUT2D eigenvalue weighted by Crippen LogP contribution is -2.33. The van der Waals surface area contributed by atoms with E-state index < -0.39 is 5.41 Å². The molecular weight excluding hydrogens is 368 g/mol. The van der Waals surface area contributed by atoms with Gasteiger partial charge in [0.2, 0.25) is 0 Å². The minimum atomic E-state index is -0.680. The van der Waals surface area contributed by atoms with Crippen molar-refractivity contribution >= 4 is 12.4 Å². The number of carboxylic acid groups (broad SMARTS) is 1. The molecule has 2 atom stereocenters. The molecule has 0 unspecified atom stereocenters. The number of carbonyl (C=O) groups excluding carboxylic acids is 1. The van der Waals surface area contributed by atoms with Crippen LogP contribution in [0.5, 0.6) is 0 Å². The molecule has 0 saturated carbocycles. The topological polar surface area (TPSA) is 90.6 Å². The van der Waals surface area contributed by atoms with E-state index in [4.69, 9.17) is 14.6 Å². The highest BCUT2D eigenvalue weighted by molar-refractivity contribution is 5.75. The zero-order chi connectivity index (χ0) is 20.7. The maximum absolute atomic E-state index is 11.8. The van der Waals surface area contributed by atoms with Gasteiger partial charge in [-0.2, -0.15) is 5.26 Å². The van der Waals surface area contributed by atoms with E-state index in [9.17, 15) is 10.1 Å². The molecule has 150 valence electrons. The molecule has 2 aliphatic heterocycles. The molecule has 0 radical (unpaired) electrons. The van der Waals surface area contributed by atoms with E-state index in [2.05, 4.69) is 11.0 Å². The average molecular weight is 392 g/mol. The van der Waals surface area contributed by atoms with Crippen molar-refractivity contribution in [2.45, 2.75) is 11.8 Å². The van der Waals surface area contributed by atoms with Crippen LogP contribution >= 0.6 is 0 Å². The molecule has 1 N–H and O–H groups in total. The fourth-order valence-electron chi connectivity index (χ4n) is 4.29. The molecule has 2 heterocycles. The number of carbonyl (C=O) groups is 2. The van der Waals surface area contributed by atoms with Gasteiger partial charge in [0, 0.05) is 25.6 Å². The number of fused-ring (bicyclic) bond motifs is 1. The Morgan fingerprint density at radius 2 is 1.66 bits per heavy atom. The molecule has 2 saturated heterocycles. The Balaban J connectivity index is 0.000000755. The normalized spacial score (nSPS) is 20.7. The van der Waals surface area contributed by atoms with Crippen molar-refractivity contribution in [3.05, 3.63) is 71.8 Å². The van der Waals surface area contributed by atoms with Gasteiger partial charge in [0.25, 0.3) is 6.47 Å². The molecule has 0 aliphatic carbocycles. The predicted molar refractivity (Wildman–Crippen MR) is 107 cm³/mol. The SMILES string of the molecule is N#CC(CCN1C[C@@H]2COC(=O)[C@@H]2C1)(c1ccccc1)c1ccccc1.O=CO. The second-order valence-electron chi connectivity index (χ2n) is 7.36. The third kappa shape index (κ3) is 4.30. The zero-order valence-corrected chi connectivity index (χ0v) is 16.1. The Kier molecular flexibility index (Phi) is 6.63. The number of nitriles is 1. The van der Waals surface area contributed by atoms with E-state index in [0.717, 1.165) is 30.8 Å². The molecule has 0 amide bonds. The summed E-state index contributed by atoms with van der Waals surface area (Å²) >= 11 is 0. The summed E-state index contributed by atoms with van der Waals surface area (Å²) in [4.78, 5) is 22.5. The number of rotatable bonds is 5. The highest BCUT2D eigenvalue weighted by atomic mass is 16.5. The maximum atomic E-state index is 11.8. The number of benzene rings is 2. The van der Waals surface area contributed by atoms with Crippen LogP contribution in [0.25, 0.3) is 0 Å². The van der Waals surface area contributed by atoms with E-state index in [-0.39, 0.29) is 18.4 Å². The second-order valence-corrected chi connectivity index (χ2v) is 7.36. The molecule has 2 aliphatic rings. The van der Waals surface area contributed by atoms with Crippen LogP contribution in [0.15, 0.2) is 60.7 Å². The van der Waals surface area contributed by atoms with Crippen molar-refractivity contribution in [2.24, 2.45) is 11.8 Å². The first-order valence-electron chi connectivity index (χ1n) is 9.63. The van der Waals surface area contributed by atoms with Gasteiger partial charge in [0.05, 0.1) is 18.6 Å². The standard InChI is InChI=1S/C22H22N2O2.CH2O2/c23-16-22(18-7-3-1-4-8-18,19-9-5-2-6-10-19)11-12-24-13-17-15-26-21(25)20(17)14-24;2-1-3/h1-10,17,20H,11-15H2;1H,(H,2,3)/t17-,20-;/m1./s1. The fourth-order valence-corrected chi connectivity index (χ4v) is 4.29. The van der Waals surface area contributed by atoms with Crippen molar-refractivity contribution in [3.8, 4) is 6.07 Å². The minimum absolute atomic E-state index is 0.0138. The van der Waals surface area contributed by atoms with Gasteiger partial charge in [0.1, 0.15) is 5.41 Å². The summed E-state index contributed by atoms with van der Waals surface area (Å²) in [6.45, 7) is 2.70. The first kappa shape index (κ1) is 20.6. The van der Waals surface area contributed by atoms with E-state index in [1.807, 2.05) is 60.7 Å². The number of ether oxygens (including phenoxy) is 1. The van der Waals surface area contributed by atoms with E-state index in [1.54, 1.807) is 0 Å². The van der Waals surface area contributed by atoms with Crippen LogP contribution in [0.2, 0.25) is 0 Å². The van der Waals surface area contributed by atoms with Crippen LogP contribution in [0.1, 0.15) is 17.5 Å². The van der Waals surface area contributed by atoms with Gasteiger partial charge < -0.3 is 14.7 Å². The van der Waals surface area contributed by atoms with E-state index in [1.165, 1.54) is 0 Å². The Morgan fingerprint density at radius 1 is 1.10 bits per heavy atom. The fraction of sp³-hybridized carbons (Fsp3) is 0.348. The van der Waals surface area contributed by atoms with Gasteiger partial charge in [-0.1, -0.05) is 60.7 Å².